The maximum atomic E-state index is 12.3. The lowest BCUT2D eigenvalue weighted by molar-refractivity contribution is -0.384. The summed E-state index contributed by atoms with van der Waals surface area (Å²) in [5, 5.41) is 11.2. The lowest BCUT2D eigenvalue weighted by Gasteiger charge is -2.11. The van der Waals surface area contributed by atoms with Gasteiger partial charge in [0.2, 0.25) is 0 Å². The van der Waals surface area contributed by atoms with Gasteiger partial charge < -0.3 is 0 Å². The quantitative estimate of drug-likeness (QED) is 0.479. The Bertz CT molecular complexity index is 864. The Labute approximate surface area is 137 Å². The van der Waals surface area contributed by atoms with E-state index >= 15 is 0 Å². The van der Waals surface area contributed by atoms with Crippen LogP contribution in [0.5, 0.6) is 0 Å². The van der Waals surface area contributed by atoms with E-state index in [2.05, 4.69) is 0 Å². The first-order valence-corrected chi connectivity index (χ1v) is 8.59. The van der Waals surface area contributed by atoms with Crippen molar-refractivity contribution in [2.24, 2.45) is 0 Å². The fourth-order valence-electron chi connectivity index (χ4n) is 2.58. The lowest BCUT2D eigenvalue weighted by atomic mass is 10.1. The van der Waals surface area contributed by atoms with Crippen LogP contribution in [-0.4, -0.2) is 19.4 Å². The number of benzene rings is 2. The number of hydrogen-bond acceptors (Lipinski definition) is 5. The Morgan fingerprint density at radius 1 is 1.09 bits per heavy atom. The van der Waals surface area contributed by atoms with Crippen LogP contribution in [0.4, 0.5) is 5.69 Å². The van der Waals surface area contributed by atoms with Gasteiger partial charge >= 0.3 is 0 Å². The largest absolute Gasteiger partial charge is 0.297 e. The van der Waals surface area contributed by atoms with Gasteiger partial charge in [0.25, 0.3) is 15.8 Å². The second kappa shape index (κ2) is 5.92. The fraction of sp³-hybridized carbons (Fsp3) is 0.200. The van der Waals surface area contributed by atoms with Crippen LogP contribution < -0.4 is 0 Å². The van der Waals surface area contributed by atoms with E-state index in [1.807, 2.05) is 0 Å². The van der Waals surface area contributed by atoms with Gasteiger partial charge in [0.1, 0.15) is 0 Å². The molecule has 1 aliphatic rings. The smallest absolute Gasteiger partial charge is 0.262 e. The minimum Gasteiger partial charge on any atom is -0.262 e. The van der Waals surface area contributed by atoms with Crippen molar-refractivity contribution in [3.8, 4) is 0 Å². The van der Waals surface area contributed by atoms with E-state index < -0.39 is 21.1 Å². The fourth-order valence-corrected chi connectivity index (χ4v) is 3.78. The number of nitrogens with zero attached hydrogens (tertiary/aromatic N) is 1. The zero-order valence-electron chi connectivity index (χ0n) is 11.8. The third-order valence-corrected chi connectivity index (χ3v) is 5.29. The van der Waals surface area contributed by atoms with Crippen LogP contribution in [0.15, 0.2) is 47.4 Å². The van der Waals surface area contributed by atoms with Gasteiger partial charge in [0, 0.05) is 30.0 Å². The van der Waals surface area contributed by atoms with E-state index in [4.69, 9.17) is 15.8 Å². The summed E-state index contributed by atoms with van der Waals surface area (Å²) in [7, 11) is -3.90. The second-order valence-electron chi connectivity index (χ2n) is 5.24. The van der Waals surface area contributed by atoms with Crippen LogP contribution in [0, 0.1) is 10.1 Å². The van der Waals surface area contributed by atoms with Gasteiger partial charge in [0.05, 0.1) is 15.9 Å². The van der Waals surface area contributed by atoms with Crippen molar-refractivity contribution in [2.45, 2.75) is 23.8 Å². The summed E-state index contributed by atoms with van der Waals surface area (Å²) >= 11 is 5.74. The van der Waals surface area contributed by atoms with Crippen molar-refractivity contribution < 1.29 is 17.5 Å². The molecule has 1 atom stereocenters. The van der Waals surface area contributed by atoms with E-state index in [-0.39, 0.29) is 10.6 Å². The summed E-state index contributed by atoms with van der Waals surface area (Å²) in [4.78, 5) is 10.3. The van der Waals surface area contributed by atoms with Crippen LogP contribution in [0.3, 0.4) is 0 Å². The minimum atomic E-state index is -3.90. The molecule has 23 heavy (non-hydrogen) atoms. The van der Waals surface area contributed by atoms with E-state index in [0.717, 1.165) is 11.1 Å². The summed E-state index contributed by atoms with van der Waals surface area (Å²) in [6.07, 6.45) is 0.164. The molecule has 0 heterocycles. The number of rotatable bonds is 4. The molecule has 2 aromatic carbocycles. The van der Waals surface area contributed by atoms with E-state index in [9.17, 15) is 18.5 Å². The van der Waals surface area contributed by atoms with Crippen LogP contribution in [0.25, 0.3) is 0 Å². The van der Waals surface area contributed by atoms with Crippen molar-refractivity contribution in [2.75, 3.05) is 0 Å². The molecule has 1 unspecified atom stereocenters. The van der Waals surface area contributed by atoms with Crippen molar-refractivity contribution in [1.29, 1.82) is 0 Å². The van der Waals surface area contributed by atoms with Crippen molar-refractivity contribution in [3.63, 3.8) is 0 Å². The molecule has 6 nitrogen and oxygen atoms in total. The first-order valence-electron chi connectivity index (χ1n) is 6.80. The summed E-state index contributed by atoms with van der Waals surface area (Å²) in [5.41, 5.74) is 1.60. The summed E-state index contributed by atoms with van der Waals surface area (Å²) in [5.74, 6) is 0. The van der Waals surface area contributed by atoms with E-state index in [1.165, 1.54) is 36.4 Å². The molecule has 0 saturated carbocycles. The van der Waals surface area contributed by atoms with Crippen LogP contribution in [-0.2, 0) is 27.1 Å². The number of hydrogen-bond donors (Lipinski definition) is 0. The molecule has 0 fully saturated rings. The molecule has 0 aliphatic heterocycles. The molecule has 0 amide bonds. The third-order valence-electron chi connectivity index (χ3n) is 3.66. The zero-order valence-corrected chi connectivity index (χ0v) is 13.4. The molecule has 0 aromatic heterocycles. The highest BCUT2D eigenvalue weighted by Crippen LogP contribution is 2.30. The normalized spacial score (nSPS) is 17.0. The highest BCUT2D eigenvalue weighted by molar-refractivity contribution is 7.86. The second-order valence-corrected chi connectivity index (χ2v) is 7.25. The average Bonchev–Trinajstić information content (AvgIpc) is 2.87. The zero-order chi connectivity index (χ0) is 16.6. The summed E-state index contributed by atoms with van der Waals surface area (Å²) < 4.78 is 29.8. The Morgan fingerprint density at radius 2 is 1.74 bits per heavy atom. The van der Waals surface area contributed by atoms with E-state index in [1.54, 1.807) is 6.07 Å². The molecule has 120 valence electrons. The molecule has 0 saturated heterocycles. The highest BCUT2D eigenvalue weighted by Gasteiger charge is 2.29. The topological polar surface area (TPSA) is 86.5 Å². The van der Waals surface area contributed by atoms with Gasteiger partial charge in [-0.05, 0) is 35.4 Å². The van der Waals surface area contributed by atoms with Gasteiger partial charge in [0.15, 0.2) is 0 Å². The molecule has 0 bridgehead atoms. The molecular formula is C15H12ClNO5S. The van der Waals surface area contributed by atoms with Crippen molar-refractivity contribution >= 4 is 27.4 Å². The molecule has 0 radical (unpaired) electrons. The van der Waals surface area contributed by atoms with Gasteiger partial charge in [-0.15, -0.1) is 0 Å². The van der Waals surface area contributed by atoms with Crippen LogP contribution in [0.1, 0.15) is 11.1 Å². The van der Waals surface area contributed by atoms with Gasteiger partial charge in [-0.1, -0.05) is 17.7 Å². The summed E-state index contributed by atoms with van der Waals surface area (Å²) in [6, 6.07) is 10.2. The highest BCUT2D eigenvalue weighted by atomic mass is 35.5. The van der Waals surface area contributed by atoms with E-state index in [0.29, 0.717) is 17.9 Å². The monoisotopic (exact) mass is 353 g/mol. The van der Waals surface area contributed by atoms with Crippen LogP contribution >= 0.6 is 11.6 Å². The van der Waals surface area contributed by atoms with Gasteiger partial charge in [-0.25, -0.2) is 0 Å². The maximum Gasteiger partial charge on any atom is 0.297 e. The minimum absolute atomic E-state index is 0.00930. The standard InChI is InChI=1S/C15H12ClNO5S/c16-12-2-5-15(6-3-12)23(20,21)22-14-8-10-1-4-13(17(18)19)7-11(10)9-14/h1-7,14H,8-9H2. The number of nitro benzene ring substituents is 1. The van der Waals surface area contributed by atoms with Crippen molar-refractivity contribution in [3.05, 3.63) is 68.7 Å². The number of nitro groups is 1. The first kappa shape index (κ1) is 15.9. The number of fused-ring (bicyclic) bond motifs is 1. The Morgan fingerprint density at radius 3 is 2.39 bits per heavy atom. The van der Waals surface area contributed by atoms with Gasteiger partial charge in [-0.2, -0.15) is 8.42 Å². The average molecular weight is 354 g/mol. The molecule has 0 spiro atoms. The van der Waals surface area contributed by atoms with Crippen molar-refractivity contribution in [1.82, 2.24) is 0 Å². The Balaban J connectivity index is 1.77. The Hall–Kier alpha value is -1.96. The molecule has 2 aromatic rings. The molecule has 1 aliphatic carbocycles. The molecule has 0 N–H and O–H groups in total. The number of halogens is 1. The maximum absolute atomic E-state index is 12.3. The number of non-ortho nitro benzene ring substituents is 1. The SMILES string of the molecule is O=[N+]([O-])c1ccc2c(c1)CC(OS(=O)(=O)c1ccc(Cl)cc1)C2. The first-order chi connectivity index (χ1) is 10.8. The molecule has 3 rings (SSSR count). The summed E-state index contributed by atoms with van der Waals surface area (Å²) in [6.45, 7) is 0. The molecular weight excluding hydrogens is 342 g/mol. The lowest BCUT2D eigenvalue weighted by Crippen LogP contribution is -2.18. The predicted molar refractivity (Wildman–Crippen MR) is 84.0 cm³/mol. The van der Waals surface area contributed by atoms with Gasteiger partial charge in [-0.3, -0.25) is 14.3 Å². The molecule has 8 heteroatoms. The Kier molecular flexibility index (Phi) is 4.09. The third kappa shape index (κ3) is 3.36. The predicted octanol–water partition coefficient (Wildman–Crippen LogP) is 3.12. The van der Waals surface area contributed by atoms with Crippen LogP contribution in [0.2, 0.25) is 5.02 Å².